The highest BCUT2D eigenvalue weighted by molar-refractivity contribution is 6.03. The Morgan fingerprint density at radius 3 is 2.52 bits per heavy atom. The lowest BCUT2D eigenvalue weighted by atomic mass is 10.1. The summed E-state index contributed by atoms with van der Waals surface area (Å²) in [5.74, 6) is -1.06. The quantitative estimate of drug-likeness (QED) is 0.632. The number of benzene rings is 2. The van der Waals surface area contributed by atoms with Crippen molar-refractivity contribution < 1.29 is 23.5 Å². The Hall–Kier alpha value is -3.87. The fourth-order valence-corrected chi connectivity index (χ4v) is 3.67. The molecular weight excluding hydrogens is 396 g/mol. The summed E-state index contributed by atoms with van der Waals surface area (Å²) in [5.41, 5.74) is 2.75. The maximum absolute atomic E-state index is 13.0. The van der Waals surface area contributed by atoms with Crippen LogP contribution in [0.5, 0.6) is 0 Å². The van der Waals surface area contributed by atoms with Gasteiger partial charge >= 0.3 is 5.97 Å². The van der Waals surface area contributed by atoms with Gasteiger partial charge in [0.15, 0.2) is 11.9 Å². The normalized spacial score (nSPS) is 15.8. The molecule has 2 aromatic carbocycles. The molecule has 0 fully saturated rings. The predicted molar refractivity (Wildman–Crippen MR) is 115 cm³/mol. The molecule has 4 rings (SSSR count). The summed E-state index contributed by atoms with van der Waals surface area (Å²) in [6.45, 7) is 3.55. The number of amides is 2. The maximum atomic E-state index is 13.0. The van der Waals surface area contributed by atoms with Crippen molar-refractivity contribution in [2.45, 2.75) is 32.4 Å². The minimum absolute atomic E-state index is 0.00288. The summed E-state index contributed by atoms with van der Waals surface area (Å²) >= 11 is 0. The Kier molecular flexibility index (Phi) is 5.58. The van der Waals surface area contributed by atoms with Gasteiger partial charge in [0.25, 0.3) is 11.8 Å². The molecule has 2 amide bonds. The van der Waals surface area contributed by atoms with E-state index in [0.29, 0.717) is 5.69 Å². The number of para-hydroxylation sites is 1. The van der Waals surface area contributed by atoms with Crippen LogP contribution in [0.15, 0.2) is 71.3 Å². The topological polar surface area (TPSA) is 88.8 Å². The first-order chi connectivity index (χ1) is 14.9. The summed E-state index contributed by atoms with van der Waals surface area (Å²) in [5, 5.41) is 2.68. The Balaban J connectivity index is 1.39. The molecule has 1 aliphatic rings. The molecule has 0 bridgehead atoms. The lowest BCUT2D eigenvalue weighted by Crippen LogP contribution is -2.43. The van der Waals surface area contributed by atoms with Gasteiger partial charge in [-0.15, -0.1) is 0 Å². The van der Waals surface area contributed by atoms with Crippen molar-refractivity contribution in [1.29, 1.82) is 0 Å². The van der Waals surface area contributed by atoms with Gasteiger partial charge in [-0.3, -0.25) is 9.59 Å². The zero-order valence-electron chi connectivity index (χ0n) is 17.2. The molecule has 0 saturated heterocycles. The van der Waals surface area contributed by atoms with E-state index in [1.54, 1.807) is 36.1 Å². The first-order valence-corrected chi connectivity index (χ1v) is 10.0. The summed E-state index contributed by atoms with van der Waals surface area (Å²) in [6.07, 6.45) is 1.26. The highest BCUT2D eigenvalue weighted by Crippen LogP contribution is 2.32. The van der Waals surface area contributed by atoms with Crippen LogP contribution in [-0.4, -0.2) is 29.9 Å². The van der Waals surface area contributed by atoms with Crippen LogP contribution < -0.4 is 10.2 Å². The minimum Gasteiger partial charge on any atom is -0.459 e. The lowest BCUT2D eigenvalue weighted by Gasteiger charge is -2.26. The van der Waals surface area contributed by atoms with E-state index < -0.39 is 12.1 Å². The van der Waals surface area contributed by atoms with Crippen molar-refractivity contribution in [1.82, 2.24) is 0 Å². The lowest BCUT2D eigenvalue weighted by molar-refractivity contribution is -0.126. The van der Waals surface area contributed by atoms with Crippen molar-refractivity contribution >= 4 is 29.2 Å². The second kappa shape index (κ2) is 8.47. The molecule has 0 aliphatic carbocycles. The first-order valence-electron chi connectivity index (χ1n) is 10.0. The summed E-state index contributed by atoms with van der Waals surface area (Å²) in [6, 6.07) is 17.2. The fraction of sp³-hybridized carbons (Fsp3) is 0.208. The molecule has 1 aliphatic heterocycles. The number of fused-ring (bicyclic) bond motifs is 1. The van der Waals surface area contributed by atoms with Gasteiger partial charge in [-0.1, -0.05) is 18.2 Å². The van der Waals surface area contributed by atoms with Crippen molar-refractivity contribution in [3.63, 3.8) is 0 Å². The molecule has 0 spiro atoms. The van der Waals surface area contributed by atoms with Crippen LogP contribution in [0.4, 0.5) is 11.4 Å². The van der Waals surface area contributed by atoms with Crippen molar-refractivity contribution in [2.75, 3.05) is 10.2 Å². The highest BCUT2D eigenvalue weighted by atomic mass is 16.5. The van der Waals surface area contributed by atoms with Crippen LogP contribution in [-0.2, 0) is 16.0 Å². The second-order valence-electron chi connectivity index (χ2n) is 7.45. The number of esters is 1. The zero-order chi connectivity index (χ0) is 22.0. The number of nitrogens with zero attached hydrogens (tertiary/aromatic N) is 1. The number of rotatable bonds is 5. The van der Waals surface area contributed by atoms with Gasteiger partial charge in [0.1, 0.15) is 0 Å². The van der Waals surface area contributed by atoms with Crippen LogP contribution in [0.2, 0.25) is 0 Å². The molecule has 3 aromatic rings. The Bertz CT molecular complexity index is 1110. The predicted octanol–water partition coefficient (Wildman–Crippen LogP) is 4.06. The number of ether oxygens (including phenoxy) is 1. The number of carbonyl (C=O) groups excluding carboxylic acids is 3. The summed E-state index contributed by atoms with van der Waals surface area (Å²) in [4.78, 5) is 39.2. The van der Waals surface area contributed by atoms with E-state index in [1.165, 1.54) is 18.4 Å². The Morgan fingerprint density at radius 1 is 1.06 bits per heavy atom. The molecule has 7 heteroatoms. The molecule has 1 N–H and O–H groups in total. The van der Waals surface area contributed by atoms with E-state index in [-0.39, 0.29) is 29.2 Å². The van der Waals surface area contributed by atoms with E-state index in [0.717, 1.165) is 17.7 Å². The number of carbonyl (C=O) groups is 3. The summed E-state index contributed by atoms with van der Waals surface area (Å²) < 4.78 is 10.5. The van der Waals surface area contributed by atoms with Crippen LogP contribution in [0, 0.1) is 0 Å². The third kappa shape index (κ3) is 4.21. The third-order valence-corrected chi connectivity index (χ3v) is 5.20. The van der Waals surface area contributed by atoms with E-state index >= 15 is 0 Å². The number of hydrogen-bond acceptors (Lipinski definition) is 5. The smallest absolute Gasteiger partial charge is 0.338 e. The monoisotopic (exact) mass is 418 g/mol. The summed E-state index contributed by atoms with van der Waals surface area (Å²) in [7, 11) is 0. The molecular formula is C24H22N2O5. The molecule has 158 valence electrons. The van der Waals surface area contributed by atoms with Crippen LogP contribution in [0.25, 0.3) is 0 Å². The largest absolute Gasteiger partial charge is 0.459 e. The van der Waals surface area contributed by atoms with Crippen LogP contribution in [0.3, 0.4) is 0 Å². The number of anilines is 2. The van der Waals surface area contributed by atoms with Gasteiger partial charge in [-0.2, -0.15) is 0 Å². The van der Waals surface area contributed by atoms with Crippen LogP contribution >= 0.6 is 0 Å². The average molecular weight is 418 g/mol. The minimum atomic E-state index is -0.931. The average Bonchev–Trinajstić information content (AvgIpc) is 3.41. The van der Waals surface area contributed by atoms with Crippen molar-refractivity contribution in [3.05, 3.63) is 83.8 Å². The van der Waals surface area contributed by atoms with Crippen molar-refractivity contribution in [3.8, 4) is 0 Å². The van der Waals surface area contributed by atoms with Crippen LogP contribution in [0.1, 0.15) is 40.3 Å². The second-order valence-corrected chi connectivity index (χ2v) is 7.45. The SMILES string of the molecule is C[C@H](OC(=O)c1ccc(NC(=O)c2ccco2)cc1)C(=O)N1c2ccccc2C[C@H]1C. The molecule has 2 atom stereocenters. The van der Waals surface area contributed by atoms with E-state index in [4.69, 9.17) is 9.15 Å². The Labute approximate surface area is 179 Å². The molecule has 31 heavy (non-hydrogen) atoms. The van der Waals surface area contributed by atoms with E-state index in [9.17, 15) is 14.4 Å². The number of furan rings is 1. The number of nitrogens with one attached hydrogen (secondary N) is 1. The maximum Gasteiger partial charge on any atom is 0.338 e. The highest BCUT2D eigenvalue weighted by Gasteiger charge is 2.34. The zero-order valence-corrected chi connectivity index (χ0v) is 17.2. The molecule has 0 unspecified atom stereocenters. The van der Waals surface area contributed by atoms with E-state index in [1.807, 2.05) is 31.2 Å². The first kappa shape index (κ1) is 20.4. The van der Waals surface area contributed by atoms with Gasteiger partial charge < -0.3 is 19.4 Å². The molecule has 0 saturated carbocycles. The van der Waals surface area contributed by atoms with Gasteiger partial charge in [-0.05, 0) is 68.3 Å². The van der Waals surface area contributed by atoms with E-state index in [2.05, 4.69) is 5.32 Å². The molecule has 7 nitrogen and oxygen atoms in total. The molecule has 1 aromatic heterocycles. The fourth-order valence-electron chi connectivity index (χ4n) is 3.67. The van der Waals surface area contributed by atoms with Gasteiger partial charge in [0, 0.05) is 17.4 Å². The molecule has 0 radical (unpaired) electrons. The standard InChI is InChI=1S/C24H22N2O5/c1-15-14-18-6-3-4-7-20(18)26(15)23(28)16(2)31-24(29)17-9-11-19(12-10-17)25-22(27)21-8-5-13-30-21/h3-13,15-16H,14H2,1-2H3,(H,25,27)/t15-,16+/m1/s1. The van der Waals surface area contributed by atoms with Gasteiger partial charge in [0.2, 0.25) is 0 Å². The Morgan fingerprint density at radius 2 is 1.81 bits per heavy atom. The van der Waals surface area contributed by atoms with Gasteiger partial charge in [-0.25, -0.2) is 4.79 Å². The van der Waals surface area contributed by atoms with Crippen molar-refractivity contribution in [2.24, 2.45) is 0 Å². The van der Waals surface area contributed by atoms with Gasteiger partial charge in [0.05, 0.1) is 11.8 Å². The number of hydrogen-bond donors (Lipinski definition) is 1. The molecule has 2 heterocycles. The third-order valence-electron chi connectivity index (χ3n) is 5.20.